The Hall–Kier alpha value is -0.900. The van der Waals surface area contributed by atoms with Gasteiger partial charge in [-0.05, 0) is 13.8 Å². The molecule has 0 aromatic heterocycles. The number of hydrogen-bond donors (Lipinski definition) is 1. The fourth-order valence-electron chi connectivity index (χ4n) is 1.01. The third kappa shape index (κ3) is 1.40. The Labute approximate surface area is 64.2 Å². The first-order valence-corrected chi connectivity index (χ1v) is 3.37. The van der Waals surface area contributed by atoms with E-state index in [2.05, 4.69) is 0 Å². The smallest absolute Gasteiger partial charge is 0.333 e. The molecule has 0 bridgehead atoms. The lowest BCUT2D eigenvalue weighted by molar-refractivity contribution is -0.153. The molecule has 4 heteroatoms. The van der Waals surface area contributed by atoms with Gasteiger partial charge in [0, 0.05) is 6.42 Å². The molecule has 0 radical (unpaired) electrons. The van der Waals surface area contributed by atoms with Gasteiger partial charge in [0.15, 0.2) is 11.9 Å². The summed E-state index contributed by atoms with van der Waals surface area (Å²) in [5.41, 5.74) is -0.914. The molecule has 62 valence electrons. The van der Waals surface area contributed by atoms with Crippen molar-refractivity contribution in [2.24, 2.45) is 0 Å². The summed E-state index contributed by atoms with van der Waals surface area (Å²) in [7, 11) is 0. The van der Waals surface area contributed by atoms with Crippen molar-refractivity contribution >= 4 is 11.8 Å². The summed E-state index contributed by atoms with van der Waals surface area (Å²) in [5, 5.41) is 8.49. The van der Waals surface area contributed by atoms with Crippen LogP contribution >= 0.6 is 0 Å². The van der Waals surface area contributed by atoms with Crippen LogP contribution in [0.2, 0.25) is 0 Å². The van der Waals surface area contributed by atoms with E-state index in [1.807, 2.05) is 0 Å². The van der Waals surface area contributed by atoms with Gasteiger partial charge in [-0.2, -0.15) is 0 Å². The zero-order valence-corrected chi connectivity index (χ0v) is 6.46. The van der Waals surface area contributed by atoms with Crippen molar-refractivity contribution in [3.8, 4) is 0 Å². The molecular formula is C7H10O4. The largest absolute Gasteiger partial charge is 0.479 e. The van der Waals surface area contributed by atoms with Gasteiger partial charge in [0.1, 0.15) is 5.60 Å². The molecule has 1 saturated heterocycles. The van der Waals surface area contributed by atoms with Crippen LogP contribution in [0.25, 0.3) is 0 Å². The molecule has 1 unspecified atom stereocenters. The molecule has 11 heavy (non-hydrogen) atoms. The Morgan fingerprint density at radius 1 is 1.73 bits per heavy atom. The van der Waals surface area contributed by atoms with E-state index in [9.17, 15) is 9.59 Å². The van der Waals surface area contributed by atoms with Crippen molar-refractivity contribution in [1.82, 2.24) is 0 Å². The number of carboxylic acid groups (broad SMARTS) is 1. The van der Waals surface area contributed by atoms with Crippen LogP contribution in [-0.2, 0) is 14.3 Å². The number of aliphatic carboxylic acids is 1. The van der Waals surface area contributed by atoms with E-state index in [-0.39, 0.29) is 12.2 Å². The maximum Gasteiger partial charge on any atom is 0.333 e. The third-order valence-electron chi connectivity index (χ3n) is 1.75. The highest BCUT2D eigenvalue weighted by Crippen LogP contribution is 2.25. The second kappa shape index (κ2) is 2.30. The average Bonchev–Trinajstić information content (AvgIpc) is 2.08. The van der Waals surface area contributed by atoms with Crippen LogP contribution in [-0.4, -0.2) is 28.6 Å². The minimum atomic E-state index is -1.07. The molecule has 1 atom stereocenters. The zero-order valence-electron chi connectivity index (χ0n) is 6.46. The van der Waals surface area contributed by atoms with Crippen LogP contribution in [0.5, 0.6) is 0 Å². The fourth-order valence-corrected chi connectivity index (χ4v) is 1.01. The lowest BCUT2D eigenvalue weighted by Crippen LogP contribution is -2.28. The molecule has 1 fully saturated rings. The van der Waals surface area contributed by atoms with E-state index in [0.717, 1.165) is 0 Å². The van der Waals surface area contributed by atoms with Gasteiger partial charge in [0.25, 0.3) is 0 Å². The van der Waals surface area contributed by atoms with Gasteiger partial charge in [-0.15, -0.1) is 0 Å². The van der Waals surface area contributed by atoms with Gasteiger partial charge in [-0.3, -0.25) is 4.79 Å². The number of ketones is 1. The van der Waals surface area contributed by atoms with E-state index < -0.39 is 17.7 Å². The number of hydrogen-bond acceptors (Lipinski definition) is 3. The topological polar surface area (TPSA) is 63.6 Å². The van der Waals surface area contributed by atoms with Crippen molar-refractivity contribution in [3.63, 3.8) is 0 Å². The SMILES string of the molecule is CC1(C)OC(C(=O)O)CC1=O. The lowest BCUT2D eigenvalue weighted by atomic mass is 10.0. The molecule has 1 heterocycles. The van der Waals surface area contributed by atoms with Gasteiger partial charge < -0.3 is 9.84 Å². The first-order valence-electron chi connectivity index (χ1n) is 3.37. The number of carbonyl (C=O) groups is 2. The number of ether oxygens (including phenoxy) is 1. The summed E-state index contributed by atoms with van der Waals surface area (Å²) in [4.78, 5) is 21.4. The Kier molecular flexibility index (Phi) is 1.72. The average molecular weight is 158 g/mol. The number of Topliss-reactive ketones (excluding diaryl/α,β-unsaturated/α-hetero) is 1. The summed E-state index contributed by atoms with van der Waals surface area (Å²) in [6.45, 7) is 3.16. The van der Waals surface area contributed by atoms with Crippen molar-refractivity contribution in [3.05, 3.63) is 0 Å². The standard InChI is InChI=1S/C7H10O4/c1-7(2)5(8)3-4(11-7)6(9)10/h4H,3H2,1-2H3,(H,9,10). The lowest BCUT2D eigenvalue weighted by Gasteiger charge is -2.14. The molecule has 0 saturated carbocycles. The highest BCUT2D eigenvalue weighted by molar-refractivity contribution is 5.93. The quantitative estimate of drug-likeness (QED) is 0.592. The second-order valence-electron chi connectivity index (χ2n) is 3.08. The van der Waals surface area contributed by atoms with Crippen LogP contribution in [0, 0.1) is 0 Å². The zero-order chi connectivity index (χ0) is 8.65. The third-order valence-corrected chi connectivity index (χ3v) is 1.75. The Bertz CT molecular complexity index is 206. The van der Waals surface area contributed by atoms with E-state index in [1.165, 1.54) is 0 Å². The summed E-state index contributed by atoms with van der Waals surface area (Å²) in [5.74, 6) is -1.21. The summed E-state index contributed by atoms with van der Waals surface area (Å²) in [6.07, 6.45) is -0.958. The van der Waals surface area contributed by atoms with Crippen molar-refractivity contribution in [1.29, 1.82) is 0 Å². The number of carboxylic acids is 1. The number of rotatable bonds is 1. The highest BCUT2D eigenvalue weighted by Gasteiger charge is 2.43. The summed E-state index contributed by atoms with van der Waals surface area (Å²) >= 11 is 0. The molecule has 4 nitrogen and oxygen atoms in total. The normalized spacial score (nSPS) is 28.9. The minimum Gasteiger partial charge on any atom is -0.479 e. The monoisotopic (exact) mass is 158 g/mol. The van der Waals surface area contributed by atoms with E-state index in [0.29, 0.717) is 0 Å². The molecule has 1 aliphatic rings. The van der Waals surface area contributed by atoms with Crippen molar-refractivity contribution in [2.45, 2.75) is 32.0 Å². The van der Waals surface area contributed by atoms with Crippen LogP contribution in [0.4, 0.5) is 0 Å². The van der Waals surface area contributed by atoms with Gasteiger partial charge >= 0.3 is 5.97 Å². The molecule has 0 aromatic carbocycles. The number of carbonyl (C=O) groups excluding carboxylic acids is 1. The van der Waals surface area contributed by atoms with Gasteiger partial charge in [0.2, 0.25) is 0 Å². The Morgan fingerprint density at radius 2 is 2.27 bits per heavy atom. The van der Waals surface area contributed by atoms with E-state index in [4.69, 9.17) is 9.84 Å². The van der Waals surface area contributed by atoms with Crippen LogP contribution in [0.15, 0.2) is 0 Å². The predicted molar refractivity (Wildman–Crippen MR) is 36.2 cm³/mol. The first kappa shape index (κ1) is 8.20. The van der Waals surface area contributed by atoms with Gasteiger partial charge in [-0.25, -0.2) is 4.79 Å². The van der Waals surface area contributed by atoms with Crippen LogP contribution in [0.3, 0.4) is 0 Å². The maximum absolute atomic E-state index is 11.0. The predicted octanol–water partition coefficient (Wildman–Crippen LogP) is 0.208. The van der Waals surface area contributed by atoms with E-state index in [1.54, 1.807) is 13.8 Å². The molecule has 0 amide bonds. The second-order valence-corrected chi connectivity index (χ2v) is 3.08. The summed E-state index contributed by atoms with van der Waals surface area (Å²) in [6, 6.07) is 0. The van der Waals surface area contributed by atoms with E-state index >= 15 is 0 Å². The molecule has 1 aliphatic heterocycles. The van der Waals surface area contributed by atoms with Crippen LogP contribution < -0.4 is 0 Å². The molecule has 0 aromatic rings. The van der Waals surface area contributed by atoms with Gasteiger partial charge in [-0.1, -0.05) is 0 Å². The summed E-state index contributed by atoms with van der Waals surface area (Å²) < 4.78 is 4.97. The van der Waals surface area contributed by atoms with Crippen molar-refractivity contribution in [2.75, 3.05) is 0 Å². The fraction of sp³-hybridized carbons (Fsp3) is 0.714. The van der Waals surface area contributed by atoms with Crippen molar-refractivity contribution < 1.29 is 19.4 Å². The first-order chi connectivity index (χ1) is 4.93. The Balaban J connectivity index is 2.72. The molecular weight excluding hydrogens is 148 g/mol. The maximum atomic E-state index is 11.0. The van der Waals surface area contributed by atoms with Gasteiger partial charge in [0.05, 0.1) is 0 Å². The van der Waals surface area contributed by atoms with Crippen LogP contribution in [0.1, 0.15) is 20.3 Å². The molecule has 0 spiro atoms. The molecule has 1 N–H and O–H groups in total. The minimum absolute atomic E-state index is 0.0116. The molecule has 0 aliphatic carbocycles. The Morgan fingerprint density at radius 3 is 2.45 bits per heavy atom. The highest BCUT2D eigenvalue weighted by atomic mass is 16.5. The molecule has 1 rings (SSSR count).